The van der Waals surface area contributed by atoms with E-state index in [4.69, 9.17) is 16.6 Å². The predicted octanol–water partition coefficient (Wildman–Crippen LogP) is 4.30. The fourth-order valence-corrected chi connectivity index (χ4v) is 3.72. The quantitative estimate of drug-likeness (QED) is 0.210. The Morgan fingerprint density at radius 3 is 2.50 bits per heavy atom. The van der Waals surface area contributed by atoms with Crippen LogP contribution in [0.1, 0.15) is 16.9 Å². The van der Waals surface area contributed by atoms with E-state index in [2.05, 4.69) is 5.32 Å². The van der Waals surface area contributed by atoms with Crippen LogP contribution in [0.2, 0.25) is 0 Å². The molecule has 0 aliphatic carbocycles. The molecule has 0 saturated carbocycles. The molecule has 2 amide bonds. The third-order valence-corrected chi connectivity index (χ3v) is 5.34. The van der Waals surface area contributed by atoms with Gasteiger partial charge in [-0.1, -0.05) is 18.2 Å². The van der Waals surface area contributed by atoms with Crippen LogP contribution in [0.25, 0.3) is 17.4 Å². The highest BCUT2D eigenvalue weighted by Crippen LogP contribution is 2.30. The summed E-state index contributed by atoms with van der Waals surface area (Å²) in [4.78, 5) is 37.4. The summed E-state index contributed by atoms with van der Waals surface area (Å²) < 4.78 is 5.81. The first-order valence-corrected chi connectivity index (χ1v) is 9.99. The van der Waals surface area contributed by atoms with Gasteiger partial charge in [0.25, 0.3) is 17.5 Å². The fourth-order valence-electron chi connectivity index (χ4n) is 3.45. The molecular weight excluding hydrogens is 430 g/mol. The van der Waals surface area contributed by atoms with Gasteiger partial charge in [-0.15, -0.1) is 0 Å². The second-order valence-electron chi connectivity index (χ2n) is 7.20. The summed E-state index contributed by atoms with van der Waals surface area (Å²) in [6.07, 6.45) is 1.36. The molecule has 1 N–H and O–H groups in total. The molecule has 1 aromatic heterocycles. The molecule has 0 unspecified atom stereocenters. The molecule has 0 atom stereocenters. The summed E-state index contributed by atoms with van der Waals surface area (Å²) in [5.41, 5.74) is 2.60. The van der Waals surface area contributed by atoms with Crippen molar-refractivity contribution in [1.82, 2.24) is 5.32 Å². The van der Waals surface area contributed by atoms with Gasteiger partial charge < -0.3 is 4.42 Å². The first-order chi connectivity index (χ1) is 15.3. The van der Waals surface area contributed by atoms with Gasteiger partial charge in [0, 0.05) is 17.7 Å². The molecule has 1 fully saturated rings. The summed E-state index contributed by atoms with van der Waals surface area (Å²) >= 11 is 5.23. The first kappa shape index (κ1) is 21.1. The molecular formula is C23H17N3O5S. The zero-order valence-electron chi connectivity index (χ0n) is 17.1. The Bertz CT molecular complexity index is 1320. The number of non-ortho nitro benzene ring substituents is 1. The standard InChI is InChI=1S/C23H17N3O5S/c1-13-5-3-4-6-19(13)25-22(28)18(21(27)24-23(25)32)12-16-8-10-20(31-16)17-9-7-15(26(29)30)11-14(17)2/h3-12H,1-2H3,(H,24,27,32)/b18-12-. The largest absolute Gasteiger partial charge is 0.457 e. The topological polar surface area (TPSA) is 106 Å². The van der Waals surface area contributed by atoms with E-state index in [1.807, 2.05) is 19.1 Å². The molecule has 8 nitrogen and oxygen atoms in total. The van der Waals surface area contributed by atoms with E-state index >= 15 is 0 Å². The van der Waals surface area contributed by atoms with Crippen molar-refractivity contribution in [2.45, 2.75) is 13.8 Å². The van der Waals surface area contributed by atoms with E-state index in [0.717, 1.165) is 5.56 Å². The van der Waals surface area contributed by atoms with Gasteiger partial charge in [0.15, 0.2) is 5.11 Å². The maximum atomic E-state index is 13.1. The lowest BCUT2D eigenvalue weighted by Gasteiger charge is -2.29. The average Bonchev–Trinajstić information content (AvgIpc) is 3.20. The predicted molar refractivity (Wildman–Crippen MR) is 123 cm³/mol. The highest BCUT2D eigenvalue weighted by Gasteiger charge is 2.35. The number of carbonyl (C=O) groups excluding carboxylic acids is 2. The highest BCUT2D eigenvalue weighted by atomic mass is 32.1. The minimum absolute atomic E-state index is 0.00749. The van der Waals surface area contributed by atoms with Crippen molar-refractivity contribution >= 4 is 46.6 Å². The molecule has 9 heteroatoms. The molecule has 2 aromatic carbocycles. The summed E-state index contributed by atoms with van der Waals surface area (Å²) in [5, 5.41) is 13.5. The van der Waals surface area contributed by atoms with Crippen LogP contribution in [-0.4, -0.2) is 21.9 Å². The van der Waals surface area contributed by atoms with Crippen molar-refractivity contribution < 1.29 is 18.9 Å². The minimum Gasteiger partial charge on any atom is -0.457 e. The van der Waals surface area contributed by atoms with E-state index in [0.29, 0.717) is 22.6 Å². The average molecular weight is 447 g/mol. The van der Waals surface area contributed by atoms with Crippen molar-refractivity contribution in [1.29, 1.82) is 0 Å². The van der Waals surface area contributed by atoms with Crippen LogP contribution in [0, 0.1) is 24.0 Å². The lowest BCUT2D eigenvalue weighted by Crippen LogP contribution is -2.54. The number of rotatable bonds is 4. The van der Waals surface area contributed by atoms with Gasteiger partial charge in [-0.05, 0) is 67.5 Å². The number of nitrogens with zero attached hydrogens (tertiary/aromatic N) is 2. The SMILES string of the molecule is Cc1cc([N+](=O)[O-])ccc1-c1ccc(/C=C2/C(=O)NC(=S)N(c3ccccc3C)C2=O)o1. The molecule has 0 spiro atoms. The van der Waals surface area contributed by atoms with E-state index in [1.54, 1.807) is 37.3 Å². The number of nitro groups is 1. The van der Waals surface area contributed by atoms with Crippen LogP contribution < -0.4 is 10.2 Å². The molecule has 1 saturated heterocycles. The van der Waals surface area contributed by atoms with Gasteiger partial charge in [0.2, 0.25) is 0 Å². The van der Waals surface area contributed by atoms with Gasteiger partial charge in [-0.3, -0.25) is 29.9 Å². The van der Waals surface area contributed by atoms with Gasteiger partial charge >= 0.3 is 0 Å². The van der Waals surface area contributed by atoms with Crippen molar-refractivity contribution in [3.05, 3.63) is 87.2 Å². The van der Waals surface area contributed by atoms with Crippen LogP contribution >= 0.6 is 12.2 Å². The molecule has 0 radical (unpaired) electrons. The van der Waals surface area contributed by atoms with Gasteiger partial charge in [-0.25, -0.2) is 0 Å². The zero-order chi connectivity index (χ0) is 23.0. The van der Waals surface area contributed by atoms with Crippen molar-refractivity contribution in [3.63, 3.8) is 0 Å². The Balaban J connectivity index is 1.68. The van der Waals surface area contributed by atoms with Crippen LogP contribution in [0.15, 0.2) is 64.6 Å². The van der Waals surface area contributed by atoms with Crippen LogP contribution in [0.4, 0.5) is 11.4 Å². The number of nitro benzene ring substituents is 1. The van der Waals surface area contributed by atoms with Gasteiger partial charge in [0.05, 0.1) is 10.6 Å². The number of hydrogen-bond donors (Lipinski definition) is 1. The number of aryl methyl sites for hydroxylation is 2. The van der Waals surface area contributed by atoms with Crippen molar-refractivity contribution in [2.24, 2.45) is 0 Å². The van der Waals surface area contributed by atoms with Crippen molar-refractivity contribution in [2.75, 3.05) is 4.90 Å². The van der Waals surface area contributed by atoms with Crippen LogP contribution in [-0.2, 0) is 9.59 Å². The first-order valence-electron chi connectivity index (χ1n) is 9.58. The number of furan rings is 1. The fraction of sp³-hybridized carbons (Fsp3) is 0.0870. The Kier molecular flexibility index (Phi) is 5.41. The maximum absolute atomic E-state index is 13.1. The molecule has 32 heavy (non-hydrogen) atoms. The number of amides is 2. The van der Waals surface area contributed by atoms with E-state index in [9.17, 15) is 19.7 Å². The number of hydrogen-bond acceptors (Lipinski definition) is 6. The molecule has 0 bridgehead atoms. The Labute approximate surface area is 188 Å². The monoisotopic (exact) mass is 447 g/mol. The van der Waals surface area contributed by atoms with E-state index in [-0.39, 0.29) is 22.1 Å². The van der Waals surface area contributed by atoms with Crippen LogP contribution in [0.3, 0.4) is 0 Å². The minimum atomic E-state index is -0.616. The number of benzene rings is 2. The smallest absolute Gasteiger partial charge is 0.270 e. The highest BCUT2D eigenvalue weighted by molar-refractivity contribution is 7.80. The second-order valence-corrected chi connectivity index (χ2v) is 7.59. The summed E-state index contributed by atoms with van der Waals surface area (Å²) in [6, 6.07) is 15.0. The molecule has 3 aromatic rings. The summed E-state index contributed by atoms with van der Waals surface area (Å²) in [6.45, 7) is 3.58. The Morgan fingerprint density at radius 1 is 1.06 bits per heavy atom. The maximum Gasteiger partial charge on any atom is 0.270 e. The third-order valence-electron chi connectivity index (χ3n) is 5.06. The molecule has 2 heterocycles. The van der Waals surface area contributed by atoms with Crippen LogP contribution in [0.5, 0.6) is 0 Å². The van der Waals surface area contributed by atoms with Gasteiger partial charge in [-0.2, -0.15) is 0 Å². The summed E-state index contributed by atoms with van der Waals surface area (Å²) in [7, 11) is 0. The third kappa shape index (κ3) is 3.81. The number of anilines is 1. The van der Waals surface area contributed by atoms with E-state index < -0.39 is 16.7 Å². The van der Waals surface area contributed by atoms with Crippen molar-refractivity contribution in [3.8, 4) is 11.3 Å². The molecule has 1 aliphatic heterocycles. The number of para-hydroxylation sites is 1. The molecule has 160 valence electrons. The van der Waals surface area contributed by atoms with E-state index in [1.165, 1.54) is 23.1 Å². The lowest BCUT2D eigenvalue weighted by molar-refractivity contribution is -0.384. The Morgan fingerprint density at radius 2 is 1.81 bits per heavy atom. The number of carbonyl (C=O) groups is 2. The number of nitrogens with one attached hydrogen (secondary N) is 1. The summed E-state index contributed by atoms with van der Waals surface area (Å²) in [5.74, 6) is -0.431. The second kappa shape index (κ2) is 8.20. The number of thiocarbonyl (C=S) groups is 1. The normalized spacial score (nSPS) is 15.2. The molecule has 4 rings (SSSR count). The molecule has 1 aliphatic rings. The zero-order valence-corrected chi connectivity index (χ0v) is 17.9. The van der Waals surface area contributed by atoms with Gasteiger partial charge in [0.1, 0.15) is 17.1 Å². The lowest BCUT2D eigenvalue weighted by atomic mass is 10.1. The Hall–Kier alpha value is -4.11.